The minimum absolute atomic E-state index is 0.0130. The second kappa shape index (κ2) is 6.58. The average molecular weight is 271 g/mol. The summed E-state index contributed by atoms with van der Waals surface area (Å²) in [6, 6.07) is 1.83. The minimum Gasteiger partial charge on any atom is -0.409 e. The van der Waals surface area contributed by atoms with Gasteiger partial charge in [0, 0.05) is 11.4 Å². The summed E-state index contributed by atoms with van der Waals surface area (Å²) < 4.78 is 0. The predicted molar refractivity (Wildman–Crippen MR) is 70.0 cm³/mol. The summed E-state index contributed by atoms with van der Waals surface area (Å²) in [5.41, 5.74) is 7.83. The topological polar surface area (TPSA) is 112 Å². The number of hydrogen-bond acceptors (Lipinski definition) is 6. The number of aliphatic hydroxyl groups is 2. The molecule has 0 radical (unpaired) electrons. The quantitative estimate of drug-likeness (QED) is 0.201. The molecule has 6 nitrogen and oxygen atoms in total. The highest BCUT2D eigenvalue weighted by molar-refractivity contribution is 7.99. The maximum Gasteiger partial charge on any atom is 0.173 e. The van der Waals surface area contributed by atoms with Crippen molar-refractivity contribution in [2.24, 2.45) is 10.9 Å². The lowest BCUT2D eigenvalue weighted by atomic mass is 10.1. The van der Waals surface area contributed by atoms with Gasteiger partial charge in [-0.15, -0.1) is 11.8 Å². The standard InChI is InChI=1S/C11H17N3O3S/c1-6-3-7(2)13-11(9(6)10(12)14-17)18-5-8(16)4-15/h3,8,15-17H,4-5H2,1-2H3,(H2,12,14). The van der Waals surface area contributed by atoms with Gasteiger partial charge in [-0.1, -0.05) is 5.16 Å². The molecule has 5 N–H and O–H groups in total. The molecule has 7 heteroatoms. The Morgan fingerprint density at radius 1 is 1.56 bits per heavy atom. The van der Waals surface area contributed by atoms with E-state index in [1.807, 2.05) is 19.9 Å². The van der Waals surface area contributed by atoms with Crippen molar-refractivity contribution in [3.05, 3.63) is 22.9 Å². The first-order chi connectivity index (χ1) is 8.49. The number of amidine groups is 1. The number of aryl methyl sites for hydroxylation is 2. The van der Waals surface area contributed by atoms with E-state index in [-0.39, 0.29) is 18.2 Å². The Balaban J connectivity index is 3.08. The van der Waals surface area contributed by atoms with Crippen LogP contribution < -0.4 is 5.73 Å². The van der Waals surface area contributed by atoms with Gasteiger partial charge in [0.2, 0.25) is 0 Å². The van der Waals surface area contributed by atoms with Gasteiger partial charge in [-0.05, 0) is 25.5 Å². The van der Waals surface area contributed by atoms with Gasteiger partial charge in [0.1, 0.15) is 5.03 Å². The van der Waals surface area contributed by atoms with Gasteiger partial charge < -0.3 is 21.2 Å². The summed E-state index contributed by atoms with van der Waals surface area (Å²) in [6.07, 6.45) is -0.822. The Bertz CT molecular complexity index is 451. The maximum absolute atomic E-state index is 9.34. The number of aliphatic hydroxyl groups excluding tert-OH is 2. The molecule has 1 aromatic rings. The van der Waals surface area contributed by atoms with Gasteiger partial charge in [-0.3, -0.25) is 0 Å². The SMILES string of the molecule is Cc1cc(C)c(C(N)=NO)c(SCC(O)CO)n1. The van der Waals surface area contributed by atoms with Crippen molar-refractivity contribution < 1.29 is 15.4 Å². The molecule has 0 aromatic carbocycles. The van der Waals surface area contributed by atoms with Crippen molar-refractivity contribution in [3.8, 4) is 0 Å². The molecular formula is C11H17N3O3S. The van der Waals surface area contributed by atoms with Crippen LogP contribution in [0.5, 0.6) is 0 Å². The Hall–Kier alpha value is -1.31. The molecular weight excluding hydrogens is 254 g/mol. The van der Waals surface area contributed by atoms with E-state index in [9.17, 15) is 5.11 Å². The van der Waals surface area contributed by atoms with Crippen molar-refractivity contribution in [2.75, 3.05) is 12.4 Å². The molecule has 1 unspecified atom stereocenters. The van der Waals surface area contributed by atoms with E-state index in [0.29, 0.717) is 10.6 Å². The fourth-order valence-electron chi connectivity index (χ4n) is 1.50. The van der Waals surface area contributed by atoms with Crippen molar-refractivity contribution in [2.45, 2.75) is 25.0 Å². The third-order valence-corrected chi connectivity index (χ3v) is 3.42. The Morgan fingerprint density at radius 3 is 2.78 bits per heavy atom. The van der Waals surface area contributed by atoms with Crippen LogP contribution in [0, 0.1) is 13.8 Å². The second-order valence-corrected chi connectivity index (χ2v) is 4.90. The second-order valence-electron chi connectivity index (χ2n) is 3.89. The van der Waals surface area contributed by atoms with Crippen LogP contribution in [0.1, 0.15) is 16.8 Å². The summed E-state index contributed by atoms with van der Waals surface area (Å²) in [5.74, 6) is 0.277. The zero-order valence-electron chi connectivity index (χ0n) is 10.3. The van der Waals surface area contributed by atoms with E-state index in [0.717, 1.165) is 11.3 Å². The molecule has 1 rings (SSSR count). The number of nitrogens with zero attached hydrogens (tertiary/aromatic N) is 2. The van der Waals surface area contributed by atoms with E-state index in [2.05, 4.69) is 10.1 Å². The zero-order chi connectivity index (χ0) is 13.7. The molecule has 1 atom stereocenters. The minimum atomic E-state index is -0.822. The van der Waals surface area contributed by atoms with Crippen molar-refractivity contribution in [1.82, 2.24) is 4.98 Å². The lowest BCUT2D eigenvalue weighted by molar-refractivity contribution is 0.113. The van der Waals surface area contributed by atoms with Gasteiger partial charge >= 0.3 is 0 Å². The van der Waals surface area contributed by atoms with Gasteiger partial charge in [-0.25, -0.2) is 4.98 Å². The molecule has 1 heterocycles. The first-order valence-electron chi connectivity index (χ1n) is 5.37. The van der Waals surface area contributed by atoms with Crippen molar-refractivity contribution in [3.63, 3.8) is 0 Å². The Labute approximate surface area is 110 Å². The maximum atomic E-state index is 9.34. The summed E-state index contributed by atoms with van der Waals surface area (Å²) in [5, 5.41) is 30.4. The van der Waals surface area contributed by atoms with Gasteiger partial charge in [0.05, 0.1) is 18.3 Å². The lowest BCUT2D eigenvalue weighted by Gasteiger charge is -2.12. The lowest BCUT2D eigenvalue weighted by Crippen LogP contribution is -2.19. The van der Waals surface area contributed by atoms with Crippen molar-refractivity contribution in [1.29, 1.82) is 0 Å². The highest BCUT2D eigenvalue weighted by Gasteiger charge is 2.15. The predicted octanol–water partition coefficient (Wildman–Crippen LogP) is 0.238. The average Bonchev–Trinajstić information content (AvgIpc) is 2.34. The van der Waals surface area contributed by atoms with Gasteiger partial charge in [0.25, 0.3) is 0 Å². The molecule has 0 saturated carbocycles. The third kappa shape index (κ3) is 3.59. The highest BCUT2D eigenvalue weighted by atomic mass is 32.2. The summed E-state index contributed by atoms with van der Waals surface area (Å²) in [4.78, 5) is 4.31. The van der Waals surface area contributed by atoms with Crippen LogP contribution in [0.2, 0.25) is 0 Å². The molecule has 0 spiro atoms. The summed E-state index contributed by atoms with van der Waals surface area (Å²) in [7, 11) is 0. The van der Waals surface area contributed by atoms with E-state index in [1.165, 1.54) is 11.8 Å². The van der Waals surface area contributed by atoms with Crippen LogP contribution in [0.3, 0.4) is 0 Å². The number of oxime groups is 1. The van der Waals surface area contributed by atoms with Gasteiger partial charge in [0.15, 0.2) is 5.84 Å². The molecule has 0 aliphatic carbocycles. The largest absolute Gasteiger partial charge is 0.409 e. The first kappa shape index (κ1) is 14.7. The molecule has 0 aliphatic heterocycles. The molecule has 100 valence electrons. The number of hydrogen-bond donors (Lipinski definition) is 4. The zero-order valence-corrected chi connectivity index (χ0v) is 11.1. The number of aromatic nitrogens is 1. The van der Waals surface area contributed by atoms with Crippen LogP contribution in [0.15, 0.2) is 16.2 Å². The monoisotopic (exact) mass is 271 g/mol. The van der Waals surface area contributed by atoms with Gasteiger partial charge in [-0.2, -0.15) is 0 Å². The molecule has 1 aromatic heterocycles. The molecule has 0 bridgehead atoms. The van der Waals surface area contributed by atoms with Crippen molar-refractivity contribution >= 4 is 17.6 Å². The van der Waals surface area contributed by atoms with E-state index < -0.39 is 6.10 Å². The Kier molecular flexibility index (Phi) is 5.39. The first-order valence-corrected chi connectivity index (χ1v) is 6.36. The number of thioether (sulfide) groups is 1. The van der Waals surface area contributed by atoms with Crippen LogP contribution in [0.4, 0.5) is 0 Å². The molecule has 0 amide bonds. The summed E-state index contributed by atoms with van der Waals surface area (Å²) >= 11 is 1.26. The smallest absolute Gasteiger partial charge is 0.173 e. The summed E-state index contributed by atoms with van der Waals surface area (Å²) in [6.45, 7) is 3.38. The highest BCUT2D eigenvalue weighted by Crippen LogP contribution is 2.24. The third-order valence-electron chi connectivity index (χ3n) is 2.30. The normalized spacial score (nSPS) is 13.7. The number of pyridine rings is 1. The number of rotatable bonds is 5. The number of nitrogens with two attached hydrogens (primary N) is 1. The van der Waals surface area contributed by atoms with Crippen LogP contribution >= 0.6 is 11.8 Å². The molecule has 18 heavy (non-hydrogen) atoms. The van der Waals surface area contributed by atoms with E-state index in [1.54, 1.807) is 0 Å². The molecule has 0 aliphatic rings. The molecule has 0 saturated heterocycles. The van der Waals surface area contributed by atoms with Crippen LogP contribution in [0.25, 0.3) is 0 Å². The molecule has 0 fully saturated rings. The van der Waals surface area contributed by atoms with Crippen LogP contribution in [-0.4, -0.2) is 44.7 Å². The van der Waals surface area contributed by atoms with E-state index >= 15 is 0 Å². The van der Waals surface area contributed by atoms with Crippen LogP contribution in [-0.2, 0) is 0 Å². The Morgan fingerprint density at radius 2 is 2.22 bits per heavy atom. The van der Waals surface area contributed by atoms with E-state index in [4.69, 9.17) is 16.0 Å². The fourth-order valence-corrected chi connectivity index (χ4v) is 2.57. The fraction of sp³-hybridized carbons (Fsp3) is 0.455.